The molecule has 1 unspecified atom stereocenters. The first-order valence-electron chi connectivity index (χ1n) is 6.08. The Morgan fingerprint density at radius 1 is 1.30 bits per heavy atom. The van der Waals surface area contributed by atoms with Gasteiger partial charge in [0.2, 0.25) is 0 Å². The van der Waals surface area contributed by atoms with Gasteiger partial charge in [-0.1, -0.05) is 13.0 Å². The summed E-state index contributed by atoms with van der Waals surface area (Å²) in [7, 11) is 0. The summed E-state index contributed by atoms with van der Waals surface area (Å²) in [4.78, 5) is 1.17. The second-order valence-electron chi connectivity index (χ2n) is 4.31. The zero-order chi connectivity index (χ0) is 14.8. The van der Waals surface area contributed by atoms with Crippen LogP contribution in [0.25, 0.3) is 0 Å². The molecule has 1 N–H and O–H groups in total. The Hall–Kier alpha value is -1.01. The fourth-order valence-corrected chi connectivity index (χ4v) is 3.21. The number of nitrogens with one attached hydrogen (secondary N) is 1. The molecule has 1 heterocycles. The van der Waals surface area contributed by atoms with E-state index >= 15 is 0 Å². The van der Waals surface area contributed by atoms with Gasteiger partial charge in [0.25, 0.3) is 0 Å². The van der Waals surface area contributed by atoms with E-state index in [2.05, 4.69) is 21.2 Å². The van der Waals surface area contributed by atoms with Crippen molar-refractivity contribution in [3.8, 4) is 0 Å². The Balaban J connectivity index is 2.21. The van der Waals surface area contributed by atoms with E-state index in [0.29, 0.717) is 10.2 Å². The number of rotatable bonds is 4. The van der Waals surface area contributed by atoms with Crippen molar-refractivity contribution in [2.75, 3.05) is 5.32 Å². The number of hydrogen-bond acceptors (Lipinski definition) is 2. The van der Waals surface area contributed by atoms with E-state index < -0.39 is 11.7 Å². The van der Waals surface area contributed by atoms with E-state index in [1.54, 1.807) is 11.3 Å². The summed E-state index contributed by atoms with van der Waals surface area (Å²) in [5.41, 5.74) is 0.0114. The molecule has 0 radical (unpaired) electrons. The Bertz CT molecular complexity index is 566. The first-order valence-corrected chi connectivity index (χ1v) is 7.75. The normalized spacial score (nSPS) is 13.2. The average molecular weight is 364 g/mol. The van der Waals surface area contributed by atoms with Crippen LogP contribution in [0.4, 0.5) is 18.9 Å². The third-order valence-corrected chi connectivity index (χ3v) is 4.56. The van der Waals surface area contributed by atoms with Crippen LogP contribution in [0, 0.1) is 0 Å². The SMILES string of the molecule is CCC(Nc1ccc(C(F)(F)F)cc1Br)c1cccs1. The summed E-state index contributed by atoms with van der Waals surface area (Å²) in [5, 5.41) is 5.26. The molecule has 0 aliphatic rings. The highest BCUT2D eigenvalue weighted by Crippen LogP contribution is 2.35. The lowest BCUT2D eigenvalue weighted by atomic mass is 10.1. The van der Waals surface area contributed by atoms with Gasteiger partial charge in [-0.05, 0) is 52.0 Å². The van der Waals surface area contributed by atoms with E-state index in [9.17, 15) is 13.2 Å². The van der Waals surface area contributed by atoms with Crippen LogP contribution in [0.2, 0.25) is 0 Å². The largest absolute Gasteiger partial charge is 0.416 e. The van der Waals surface area contributed by atoms with Crippen molar-refractivity contribution in [3.63, 3.8) is 0 Å². The van der Waals surface area contributed by atoms with Crippen LogP contribution in [0.5, 0.6) is 0 Å². The van der Waals surface area contributed by atoms with Crippen LogP contribution < -0.4 is 5.32 Å². The first-order chi connectivity index (χ1) is 9.41. The van der Waals surface area contributed by atoms with Gasteiger partial charge in [-0.25, -0.2) is 0 Å². The minimum absolute atomic E-state index is 0.100. The number of benzene rings is 1. The maximum atomic E-state index is 12.6. The molecular weight excluding hydrogens is 351 g/mol. The zero-order valence-corrected chi connectivity index (χ0v) is 13.1. The molecule has 1 aromatic heterocycles. The van der Waals surface area contributed by atoms with Gasteiger partial charge >= 0.3 is 6.18 Å². The summed E-state index contributed by atoms with van der Waals surface area (Å²) in [6.07, 6.45) is -3.47. The van der Waals surface area contributed by atoms with Crippen molar-refractivity contribution >= 4 is 33.0 Å². The highest BCUT2D eigenvalue weighted by molar-refractivity contribution is 9.10. The van der Waals surface area contributed by atoms with E-state index in [0.717, 1.165) is 18.6 Å². The van der Waals surface area contributed by atoms with Gasteiger partial charge in [0.15, 0.2) is 0 Å². The quantitative estimate of drug-likeness (QED) is 0.692. The summed E-state index contributed by atoms with van der Waals surface area (Å²) >= 11 is 4.83. The van der Waals surface area contributed by atoms with Gasteiger partial charge in [0, 0.05) is 15.0 Å². The fourth-order valence-electron chi connectivity index (χ4n) is 1.86. The van der Waals surface area contributed by atoms with Crippen LogP contribution in [-0.4, -0.2) is 0 Å². The van der Waals surface area contributed by atoms with Gasteiger partial charge in [-0.15, -0.1) is 11.3 Å². The lowest BCUT2D eigenvalue weighted by molar-refractivity contribution is -0.137. The topological polar surface area (TPSA) is 12.0 Å². The van der Waals surface area contributed by atoms with Gasteiger partial charge in [-0.2, -0.15) is 13.2 Å². The number of halogens is 4. The molecule has 0 saturated heterocycles. The average Bonchev–Trinajstić information content (AvgIpc) is 2.90. The van der Waals surface area contributed by atoms with Gasteiger partial charge in [-0.3, -0.25) is 0 Å². The van der Waals surface area contributed by atoms with Gasteiger partial charge in [0.1, 0.15) is 0 Å². The van der Waals surface area contributed by atoms with Crippen LogP contribution in [-0.2, 0) is 6.18 Å². The van der Waals surface area contributed by atoms with Crippen molar-refractivity contribution in [2.45, 2.75) is 25.6 Å². The minimum Gasteiger partial charge on any atom is -0.377 e. The van der Waals surface area contributed by atoms with Gasteiger partial charge in [0.05, 0.1) is 11.6 Å². The Morgan fingerprint density at radius 3 is 2.55 bits per heavy atom. The summed E-state index contributed by atoms with van der Waals surface area (Å²) in [6.45, 7) is 2.04. The number of anilines is 1. The predicted molar refractivity (Wildman–Crippen MR) is 80.1 cm³/mol. The second-order valence-corrected chi connectivity index (χ2v) is 6.15. The molecule has 0 aliphatic heterocycles. The molecule has 2 aromatic rings. The van der Waals surface area contributed by atoms with Gasteiger partial charge < -0.3 is 5.32 Å². The van der Waals surface area contributed by atoms with E-state index in [1.807, 2.05) is 24.4 Å². The molecule has 2 rings (SSSR count). The molecule has 108 valence electrons. The molecule has 0 saturated carbocycles. The molecule has 0 fully saturated rings. The highest BCUT2D eigenvalue weighted by Gasteiger charge is 2.30. The smallest absolute Gasteiger partial charge is 0.377 e. The standard InChI is InChI=1S/C14H13BrF3NS/c1-2-11(13-4-3-7-20-13)19-12-6-5-9(8-10(12)15)14(16,17)18/h3-8,11,19H,2H2,1H3. The summed E-state index contributed by atoms with van der Waals surface area (Å²) in [5.74, 6) is 0. The molecule has 0 bridgehead atoms. The van der Waals surface area contributed by atoms with Crippen molar-refractivity contribution in [3.05, 3.63) is 50.6 Å². The van der Waals surface area contributed by atoms with Crippen molar-refractivity contribution in [2.24, 2.45) is 0 Å². The molecule has 0 aliphatic carbocycles. The first kappa shape index (κ1) is 15.4. The monoisotopic (exact) mass is 363 g/mol. The summed E-state index contributed by atoms with van der Waals surface area (Å²) in [6, 6.07) is 7.74. The molecule has 0 spiro atoms. The van der Waals surface area contributed by atoms with Crippen LogP contribution >= 0.6 is 27.3 Å². The lowest BCUT2D eigenvalue weighted by Gasteiger charge is -2.19. The van der Waals surface area contributed by atoms with E-state index in [1.165, 1.54) is 10.9 Å². The van der Waals surface area contributed by atoms with Crippen LogP contribution in [0.3, 0.4) is 0 Å². The highest BCUT2D eigenvalue weighted by atomic mass is 79.9. The Morgan fingerprint density at radius 2 is 2.05 bits per heavy atom. The van der Waals surface area contributed by atoms with Crippen LogP contribution in [0.1, 0.15) is 29.8 Å². The zero-order valence-electron chi connectivity index (χ0n) is 10.7. The molecule has 1 aromatic carbocycles. The Kier molecular flexibility index (Phi) is 4.75. The molecule has 1 atom stereocenters. The number of thiophene rings is 1. The molecular formula is C14H13BrF3NS. The van der Waals surface area contributed by atoms with Crippen molar-refractivity contribution in [1.82, 2.24) is 0 Å². The molecule has 0 amide bonds. The van der Waals surface area contributed by atoms with Crippen molar-refractivity contribution < 1.29 is 13.2 Å². The lowest BCUT2D eigenvalue weighted by Crippen LogP contribution is -2.10. The second kappa shape index (κ2) is 6.18. The van der Waals surface area contributed by atoms with Crippen molar-refractivity contribution in [1.29, 1.82) is 0 Å². The maximum Gasteiger partial charge on any atom is 0.416 e. The number of hydrogen-bond donors (Lipinski definition) is 1. The fraction of sp³-hybridized carbons (Fsp3) is 0.286. The molecule has 1 nitrogen and oxygen atoms in total. The van der Waals surface area contributed by atoms with Crippen LogP contribution in [0.15, 0.2) is 40.2 Å². The molecule has 6 heteroatoms. The third-order valence-electron chi connectivity index (χ3n) is 2.92. The Labute approximate surface area is 128 Å². The van der Waals surface area contributed by atoms with E-state index in [-0.39, 0.29) is 6.04 Å². The number of alkyl halides is 3. The predicted octanol–water partition coefficient (Wildman–Crippen LogP) is 6.09. The van der Waals surface area contributed by atoms with E-state index in [4.69, 9.17) is 0 Å². The maximum absolute atomic E-state index is 12.6. The third kappa shape index (κ3) is 3.55. The summed E-state index contributed by atoms with van der Waals surface area (Å²) < 4.78 is 38.3. The molecule has 20 heavy (non-hydrogen) atoms. The minimum atomic E-state index is -4.32.